The first-order valence-corrected chi connectivity index (χ1v) is 9.35. The molecule has 1 N–H and O–H groups in total. The molecule has 7 heteroatoms. The summed E-state index contributed by atoms with van der Waals surface area (Å²) in [5.41, 5.74) is 1.93. The molecule has 0 spiro atoms. The Hall–Kier alpha value is -3.35. The second kappa shape index (κ2) is 7.72. The number of rotatable bonds is 5. The third-order valence-electron chi connectivity index (χ3n) is 4.96. The van der Waals surface area contributed by atoms with E-state index in [0.717, 1.165) is 37.2 Å². The van der Waals surface area contributed by atoms with Gasteiger partial charge in [0.2, 0.25) is 5.82 Å². The van der Waals surface area contributed by atoms with Crippen LogP contribution in [0.1, 0.15) is 39.5 Å². The molecule has 28 heavy (non-hydrogen) atoms. The van der Waals surface area contributed by atoms with Crippen molar-refractivity contribution in [2.24, 2.45) is 0 Å². The second-order valence-corrected chi connectivity index (χ2v) is 6.77. The Labute approximate surface area is 162 Å². The first-order chi connectivity index (χ1) is 13.7. The predicted molar refractivity (Wildman–Crippen MR) is 104 cm³/mol. The summed E-state index contributed by atoms with van der Waals surface area (Å²) in [7, 11) is 1.61. The van der Waals surface area contributed by atoms with Crippen LogP contribution in [0.15, 0.2) is 48.7 Å². The largest absolute Gasteiger partial charge is 0.497 e. The van der Waals surface area contributed by atoms with E-state index in [2.05, 4.69) is 10.3 Å². The average Bonchev–Trinajstić information content (AvgIpc) is 3.40. The average molecular weight is 378 g/mol. The van der Waals surface area contributed by atoms with Gasteiger partial charge >= 0.3 is 0 Å². The summed E-state index contributed by atoms with van der Waals surface area (Å²) < 4.78 is 6.82. The normalized spacial score (nSPS) is 13.7. The van der Waals surface area contributed by atoms with Crippen molar-refractivity contribution in [2.75, 3.05) is 20.2 Å². The molecule has 1 aromatic carbocycles. The summed E-state index contributed by atoms with van der Waals surface area (Å²) >= 11 is 0. The summed E-state index contributed by atoms with van der Waals surface area (Å²) in [6.45, 7) is 1.84. The molecule has 1 aliphatic heterocycles. The van der Waals surface area contributed by atoms with E-state index in [1.807, 2.05) is 42.5 Å². The Morgan fingerprint density at radius 1 is 1.11 bits per heavy atom. The Bertz CT molecular complexity index is 1000. The minimum atomic E-state index is -0.322. The Morgan fingerprint density at radius 3 is 2.57 bits per heavy atom. The molecule has 0 atom stereocenters. The number of aromatic nitrogens is 2. The number of hydrogen-bond acceptors (Lipinski definition) is 4. The fraction of sp³-hybridized carbons (Fsp3) is 0.286. The first-order valence-electron chi connectivity index (χ1n) is 9.35. The van der Waals surface area contributed by atoms with E-state index in [4.69, 9.17) is 4.74 Å². The van der Waals surface area contributed by atoms with Crippen molar-refractivity contribution in [3.05, 3.63) is 65.7 Å². The third kappa shape index (κ3) is 3.43. The lowest BCUT2D eigenvalue weighted by atomic mass is 10.2. The standard InChI is InChI=1S/C21H22N4O3/c1-28-16-9-7-15(8-10-16)14-22-20(26)19-23-18(17-6-2-3-13-25(17)19)21(27)24-11-4-5-12-24/h2-3,6-10,13H,4-5,11-12,14H2,1H3,(H,22,26). The minimum Gasteiger partial charge on any atom is -0.497 e. The lowest BCUT2D eigenvalue weighted by molar-refractivity contribution is 0.0789. The van der Waals surface area contributed by atoms with Crippen molar-refractivity contribution in [1.29, 1.82) is 0 Å². The lowest BCUT2D eigenvalue weighted by Gasteiger charge is -2.13. The van der Waals surface area contributed by atoms with E-state index in [0.29, 0.717) is 17.8 Å². The molecule has 0 bridgehead atoms. The lowest BCUT2D eigenvalue weighted by Crippen LogP contribution is -2.28. The van der Waals surface area contributed by atoms with Crippen molar-refractivity contribution >= 4 is 17.3 Å². The van der Waals surface area contributed by atoms with Gasteiger partial charge in [-0.15, -0.1) is 0 Å². The highest BCUT2D eigenvalue weighted by Gasteiger charge is 2.26. The van der Waals surface area contributed by atoms with Gasteiger partial charge in [-0.05, 0) is 42.7 Å². The molecular weight excluding hydrogens is 356 g/mol. The van der Waals surface area contributed by atoms with Crippen LogP contribution in [0.4, 0.5) is 0 Å². The first kappa shape index (κ1) is 18.0. The number of amides is 2. The number of methoxy groups -OCH3 is 1. The van der Waals surface area contributed by atoms with Gasteiger partial charge in [0, 0.05) is 25.8 Å². The summed E-state index contributed by atoms with van der Waals surface area (Å²) in [5, 5.41) is 2.88. The molecule has 7 nitrogen and oxygen atoms in total. The zero-order chi connectivity index (χ0) is 19.5. The molecule has 1 saturated heterocycles. The van der Waals surface area contributed by atoms with Crippen LogP contribution in [0.2, 0.25) is 0 Å². The van der Waals surface area contributed by atoms with Crippen LogP contribution in [-0.4, -0.2) is 46.3 Å². The van der Waals surface area contributed by atoms with Gasteiger partial charge in [-0.2, -0.15) is 0 Å². The maximum absolute atomic E-state index is 12.8. The molecule has 2 aromatic heterocycles. The molecule has 144 valence electrons. The Morgan fingerprint density at radius 2 is 1.86 bits per heavy atom. The summed E-state index contributed by atoms with van der Waals surface area (Å²) in [4.78, 5) is 31.8. The van der Waals surface area contributed by atoms with Crippen LogP contribution < -0.4 is 10.1 Å². The van der Waals surface area contributed by atoms with Gasteiger partial charge in [0.15, 0.2) is 5.69 Å². The summed E-state index contributed by atoms with van der Waals surface area (Å²) in [6.07, 6.45) is 3.77. The van der Waals surface area contributed by atoms with E-state index in [-0.39, 0.29) is 17.6 Å². The van der Waals surface area contributed by atoms with Crippen molar-refractivity contribution in [1.82, 2.24) is 19.6 Å². The molecule has 0 unspecified atom stereocenters. The molecule has 2 amide bonds. The van der Waals surface area contributed by atoms with Crippen LogP contribution in [-0.2, 0) is 6.54 Å². The minimum absolute atomic E-state index is 0.115. The predicted octanol–water partition coefficient (Wildman–Crippen LogP) is 2.51. The molecule has 0 aliphatic carbocycles. The number of carbonyl (C=O) groups excluding carboxylic acids is 2. The number of hydrogen-bond donors (Lipinski definition) is 1. The molecule has 1 fully saturated rings. The van der Waals surface area contributed by atoms with Crippen LogP contribution >= 0.6 is 0 Å². The van der Waals surface area contributed by atoms with Gasteiger partial charge in [0.05, 0.1) is 12.6 Å². The number of benzene rings is 1. The number of likely N-dealkylation sites (tertiary alicyclic amines) is 1. The number of ether oxygens (including phenoxy) is 1. The summed E-state index contributed by atoms with van der Waals surface area (Å²) in [6, 6.07) is 13.0. The highest BCUT2D eigenvalue weighted by molar-refractivity contribution is 6.02. The van der Waals surface area contributed by atoms with Crippen molar-refractivity contribution < 1.29 is 14.3 Å². The quantitative estimate of drug-likeness (QED) is 0.740. The molecule has 4 rings (SSSR count). The zero-order valence-corrected chi connectivity index (χ0v) is 15.7. The second-order valence-electron chi connectivity index (χ2n) is 6.77. The fourth-order valence-electron chi connectivity index (χ4n) is 3.43. The van der Waals surface area contributed by atoms with Gasteiger partial charge in [0.25, 0.3) is 11.8 Å². The highest BCUT2D eigenvalue weighted by Crippen LogP contribution is 2.18. The van der Waals surface area contributed by atoms with E-state index >= 15 is 0 Å². The van der Waals surface area contributed by atoms with Gasteiger partial charge < -0.3 is 15.0 Å². The van der Waals surface area contributed by atoms with Crippen LogP contribution in [0, 0.1) is 0 Å². The van der Waals surface area contributed by atoms with Crippen LogP contribution in [0.25, 0.3) is 5.52 Å². The fourth-order valence-corrected chi connectivity index (χ4v) is 3.43. The number of fused-ring (bicyclic) bond motifs is 1. The van der Waals surface area contributed by atoms with E-state index < -0.39 is 0 Å². The maximum atomic E-state index is 12.8. The Kier molecular flexibility index (Phi) is 4.97. The molecule has 0 radical (unpaired) electrons. The number of nitrogens with zero attached hydrogens (tertiary/aromatic N) is 3. The van der Waals surface area contributed by atoms with E-state index in [1.165, 1.54) is 0 Å². The molecule has 0 saturated carbocycles. The number of carbonyl (C=O) groups is 2. The maximum Gasteiger partial charge on any atom is 0.287 e. The molecule has 3 heterocycles. The SMILES string of the molecule is COc1ccc(CNC(=O)c2nc(C(=O)N3CCCC3)c3ccccn23)cc1. The van der Waals surface area contributed by atoms with E-state index in [9.17, 15) is 9.59 Å². The third-order valence-corrected chi connectivity index (χ3v) is 4.96. The monoisotopic (exact) mass is 378 g/mol. The summed E-state index contributed by atoms with van der Waals surface area (Å²) in [5.74, 6) is 0.541. The molecule has 1 aliphatic rings. The molecular formula is C21H22N4O3. The number of imidazole rings is 1. The van der Waals surface area contributed by atoms with Gasteiger partial charge in [-0.25, -0.2) is 4.98 Å². The highest BCUT2D eigenvalue weighted by atomic mass is 16.5. The topological polar surface area (TPSA) is 75.9 Å². The van der Waals surface area contributed by atoms with E-state index in [1.54, 1.807) is 22.6 Å². The van der Waals surface area contributed by atoms with Gasteiger partial charge in [0.1, 0.15) is 5.75 Å². The zero-order valence-electron chi connectivity index (χ0n) is 15.7. The number of nitrogens with one attached hydrogen (secondary N) is 1. The van der Waals surface area contributed by atoms with Crippen LogP contribution in [0.3, 0.4) is 0 Å². The van der Waals surface area contributed by atoms with Crippen molar-refractivity contribution in [3.63, 3.8) is 0 Å². The smallest absolute Gasteiger partial charge is 0.287 e. The van der Waals surface area contributed by atoms with Crippen LogP contribution in [0.5, 0.6) is 5.75 Å². The van der Waals surface area contributed by atoms with Gasteiger partial charge in [-0.3, -0.25) is 14.0 Å². The Balaban J connectivity index is 1.57. The molecule has 3 aromatic rings. The van der Waals surface area contributed by atoms with Gasteiger partial charge in [-0.1, -0.05) is 18.2 Å². The number of pyridine rings is 1. The van der Waals surface area contributed by atoms with Crippen molar-refractivity contribution in [3.8, 4) is 5.75 Å². The van der Waals surface area contributed by atoms with Crippen molar-refractivity contribution in [2.45, 2.75) is 19.4 Å².